The summed E-state index contributed by atoms with van der Waals surface area (Å²) in [7, 11) is 1.69. The number of aliphatic imine (C=N–C) groups is 2. The number of nitrogens with one attached hydrogen (secondary N) is 3. The first-order chi connectivity index (χ1) is 13.4. The fraction of sp³-hybridized carbons (Fsp3) is 0.261. The van der Waals surface area contributed by atoms with E-state index in [4.69, 9.17) is 5.41 Å². The Morgan fingerprint density at radius 3 is 2.61 bits per heavy atom. The molecule has 5 nitrogen and oxygen atoms in total. The second-order valence-corrected chi connectivity index (χ2v) is 6.35. The molecule has 0 spiro atoms. The molecule has 1 atom stereocenters. The molecule has 0 bridgehead atoms. The van der Waals surface area contributed by atoms with Crippen molar-refractivity contribution >= 4 is 18.3 Å². The molecule has 0 aliphatic heterocycles. The number of hydrogen-bond acceptors (Lipinski definition) is 4. The van der Waals surface area contributed by atoms with Crippen molar-refractivity contribution in [1.82, 2.24) is 10.6 Å². The second kappa shape index (κ2) is 12.2. The monoisotopic (exact) mass is 377 g/mol. The van der Waals surface area contributed by atoms with Crippen molar-refractivity contribution in [3.63, 3.8) is 0 Å². The van der Waals surface area contributed by atoms with Gasteiger partial charge < -0.3 is 16.0 Å². The summed E-state index contributed by atoms with van der Waals surface area (Å²) in [5.41, 5.74) is 4.08. The van der Waals surface area contributed by atoms with Gasteiger partial charge in [0.15, 0.2) is 5.84 Å². The molecule has 148 valence electrons. The smallest absolute Gasteiger partial charge is 0.153 e. The molecule has 0 radical (unpaired) electrons. The van der Waals surface area contributed by atoms with Gasteiger partial charge in [-0.2, -0.15) is 0 Å². The molecule has 0 aromatic carbocycles. The largest absolute Gasteiger partial charge is 0.365 e. The maximum absolute atomic E-state index is 7.47. The van der Waals surface area contributed by atoms with E-state index in [1.165, 1.54) is 17.4 Å². The number of rotatable bonds is 9. The van der Waals surface area contributed by atoms with Gasteiger partial charge in [-0.05, 0) is 51.5 Å². The van der Waals surface area contributed by atoms with Crippen LogP contribution in [0, 0.1) is 5.41 Å². The topological polar surface area (TPSA) is 72.6 Å². The number of amidine groups is 1. The van der Waals surface area contributed by atoms with E-state index in [1.54, 1.807) is 25.4 Å². The first-order valence-corrected chi connectivity index (χ1v) is 9.18. The highest BCUT2D eigenvalue weighted by molar-refractivity contribution is 6.04. The standard InChI is InChI=1S/C23H31N5/c1-7-9-20(13-12-19(5)23(25-6)26-8-2)27-22(14-15-24)28-21-16-17(3)10-11-18(21)4/h7-15,21,24,27-28H,1,5,16H2,2-4,6H3/b13-12-,20-9+,22-14-,24-15?,25-23-,26-8-. The number of hydrogen-bond donors (Lipinski definition) is 3. The summed E-state index contributed by atoms with van der Waals surface area (Å²) in [4.78, 5) is 8.33. The molecule has 28 heavy (non-hydrogen) atoms. The van der Waals surface area contributed by atoms with Crippen LogP contribution in [0.5, 0.6) is 0 Å². The van der Waals surface area contributed by atoms with Gasteiger partial charge in [0.1, 0.15) is 5.82 Å². The summed E-state index contributed by atoms with van der Waals surface area (Å²) < 4.78 is 0. The maximum atomic E-state index is 7.47. The zero-order chi connectivity index (χ0) is 20.9. The molecule has 1 unspecified atom stereocenters. The van der Waals surface area contributed by atoms with Gasteiger partial charge in [-0.25, -0.2) is 4.99 Å². The molecule has 0 saturated heterocycles. The summed E-state index contributed by atoms with van der Waals surface area (Å²) in [5, 5.41) is 14.3. The van der Waals surface area contributed by atoms with Gasteiger partial charge in [-0.15, -0.1) is 0 Å². The fourth-order valence-electron chi connectivity index (χ4n) is 2.60. The lowest BCUT2D eigenvalue weighted by atomic mass is 9.95. The van der Waals surface area contributed by atoms with E-state index in [0.717, 1.165) is 17.9 Å². The Hall–Kier alpha value is -3.21. The van der Waals surface area contributed by atoms with Crippen LogP contribution in [0.2, 0.25) is 0 Å². The third-order valence-electron chi connectivity index (χ3n) is 4.08. The van der Waals surface area contributed by atoms with Crippen LogP contribution in [0.15, 0.2) is 93.9 Å². The van der Waals surface area contributed by atoms with Crippen LogP contribution in [0.4, 0.5) is 0 Å². The molecule has 0 fully saturated rings. The molecule has 0 amide bonds. The molecule has 0 aromatic heterocycles. The Balaban J connectivity index is 2.95. The average molecular weight is 378 g/mol. The van der Waals surface area contributed by atoms with Gasteiger partial charge in [0, 0.05) is 30.7 Å². The van der Waals surface area contributed by atoms with Crippen molar-refractivity contribution in [1.29, 1.82) is 5.41 Å². The molecular weight excluding hydrogens is 346 g/mol. The van der Waals surface area contributed by atoms with Gasteiger partial charge >= 0.3 is 0 Å². The zero-order valence-corrected chi connectivity index (χ0v) is 17.3. The highest BCUT2D eigenvalue weighted by atomic mass is 15.1. The predicted octanol–water partition coefficient (Wildman–Crippen LogP) is 4.62. The molecule has 0 aromatic rings. The van der Waals surface area contributed by atoms with E-state index in [9.17, 15) is 0 Å². The Morgan fingerprint density at radius 1 is 1.25 bits per heavy atom. The Morgan fingerprint density at radius 2 is 2.00 bits per heavy atom. The van der Waals surface area contributed by atoms with Crippen molar-refractivity contribution in [2.75, 3.05) is 7.05 Å². The van der Waals surface area contributed by atoms with Crippen LogP contribution in [0.3, 0.4) is 0 Å². The van der Waals surface area contributed by atoms with E-state index >= 15 is 0 Å². The number of nitrogens with zero attached hydrogens (tertiary/aromatic N) is 2. The summed E-state index contributed by atoms with van der Waals surface area (Å²) in [6.07, 6.45) is 17.1. The molecule has 1 aliphatic rings. The van der Waals surface area contributed by atoms with Gasteiger partial charge in [0.2, 0.25) is 0 Å². The summed E-state index contributed by atoms with van der Waals surface area (Å²) in [5.74, 6) is 1.32. The molecule has 1 rings (SSSR count). The Bertz CT molecular complexity index is 801. The molecule has 3 N–H and O–H groups in total. The molecule has 0 saturated carbocycles. The summed E-state index contributed by atoms with van der Waals surface area (Å²) >= 11 is 0. The van der Waals surface area contributed by atoms with Crippen LogP contribution >= 0.6 is 0 Å². The maximum Gasteiger partial charge on any atom is 0.153 e. The predicted molar refractivity (Wildman–Crippen MR) is 123 cm³/mol. The first kappa shape index (κ1) is 22.8. The van der Waals surface area contributed by atoms with E-state index in [0.29, 0.717) is 11.4 Å². The minimum Gasteiger partial charge on any atom is -0.365 e. The summed E-state index contributed by atoms with van der Waals surface area (Å²) in [6, 6.07) is 0.186. The van der Waals surface area contributed by atoms with Crippen molar-refractivity contribution in [2.45, 2.75) is 33.2 Å². The minimum atomic E-state index is 0.186. The van der Waals surface area contributed by atoms with Crippen molar-refractivity contribution < 1.29 is 0 Å². The molecule has 0 heterocycles. The lowest BCUT2D eigenvalue weighted by molar-refractivity contribution is 0.600. The normalized spacial score (nSPS) is 18.7. The molecule has 5 heteroatoms. The second-order valence-electron chi connectivity index (χ2n) is 6.35. The Kier molecular flexibility index (Phi) is 9.97. The number of allylic oxidation sites excluding steroid dienone is 6. The van der Waals surface area contributed by atoms with Crippen molar-refractivity contribution in [3.8, 4) is 0 Å². The van der Waals surface area contributed by atoms with Crippen LogP contribution < -0.4 is 10.6 Å². The lowest BCUT2D eigenvalue weighted by Gasteiger charge is -2.26. The van der Waals surface area contributed by atoms with E-state index in [2.05, 4.69) is 59.8 Å². The summed E-state index contributed by atoms with van der Waals surface area (Å²) in [6.45, 7) is 13.9. The highest BCUT2D eigenvalue weighted by Crippen LogP contribution is 2.19. The van der Waals surface area contributed by atoms with Gasteiger partial charge in [0.25, 0.3) is 0 Å². The van der Waals surface area contributed by atoms with E-state index in [-0.39, 0.29) is 6.04 Å². The van der Waals surface area contributed by atoms with Crippen LogP contribution in [0.25, 0.3) is 0 Å². The quantitative estimate of drug-likeness (QED) is 0.311. The lowest BCUT2D eigenvalue weighted by Crippen LogP contribution is -2.36. The van der Waals surface area contributed by atoms with Gasteiger partial charge in [0.05, 0.1) is 6.04 Å². The van der Waals surface area contributed by atoms with Crippen LogP contribution in [0.1, 0.15) is 27.2 Å². The molecule has 1 aliphatic carbocycles. The van der Waals surface area contributed by atoms with Crippen molar-refractivity contribution in [3.05, 3.63) is 83.9 Å². The first-order valence-electron chi connectivity index (χ1n) is 9.18. The van der Waals surface area contributed by atoms with E-state index in [1.807, 2.05) is 25.2 Å². The fourth-order valence-corrected chi connectivity index (χ4v) is 2.60. The third-order valence-corrected chi connectivity index (χ3v) is 4.08. The zero-order valence-electron chi connectivity index (χ0n) is 17.3. The van der Waals surface area contributed by atoms with E-state index < -0.39 is 0 Å². The van der Waals surface area contributed by atoms with Crippen molar-refractivity contribution in [2.24, 2.45) is 9.98 Å². The van der Waals surface area contributed by atoms with Crippen LogP contribution in [-0.4, -0.2) is 31.4 Å². The van der Waals surface area contributed by atoms with Gasteiger partial charge in [-0.1, -0.05) is 42.5 Å². The van der Waals surface area contributed by atoms with Gasteiger partial charge in [-0.3, -0.25) is 4.99 Å². The SMILES string of the molecule is C=C/C=C(\C=C/C(=C)C(/N=C\C)=N/C)N/C(=C/C=N)NC1CC(C)=CC=C1C. The molecular formula is C23H31N5. The average Bonchev–Trinajstić information content (AvgIpc) is 2.67. The van der Waals surface area contributed by atoms with Crippen LogP contribution in [-0.2, 0) is 0 Å². The third kappa shape index (κ3) is 7.58. The highest BCUT2D eigenvalue weighted by Gasteiger charge is 2.15. The minimum absolute atomic E-state index is 0.186. The Labute approximate surface area is 169 Å².